The van der Waals surface area contributed by atoms with Crippen LogP contribution in [0.4, 0.5) is 0 Å². The van der Waals surface area contributed by atoms with Crippen molar-refractivity contribution in [2.24, 2.45) is 0 Å². The average Bonchev–Trinajstić information content (AvgIpc) is 3.26. The maximum absolute atomic E-state index is 5.99. The first-order valence-electron chi connectivity index (χ1n) is 10.4. The minimum absolute atomic E-state index is 0.359. The average molecular weight is 373 g/mol. The minimum Gasteiger partial charge on any atom is -0.360 e. The highest BCUT2D eigenvalue weighted by atomic mass is 16.5. The predicted molar refractivity (Wildman–Crippen MR) is 113 cm³/mol. The van der Waals surface area contributed by atoms with Crippen LogP contribution < -0.4 is 0 Å². The Kier molecular flexibility index (Phi) is 4.36. The smallest absolute Gasteiger partial charge is 0.142 e. The van der Waals surface area contributed by atoms with Crippen molar-refractivity contribution >= 4 is 0 Å². The number of rotatable bonds is 3. The molecule has 2 saturated heterocycles. The van der Waals surface area contributed by atoms with Crippen molar-refractivity contribution in [3.8, 4) is 11.3 Å². The predicted octanol–water partition coefficient (Wildman–Crippen LogP) is 5.69. The van der Waals surface area contributed by atoms with Crippen LogP contribution in [0.5, 0.6) is 0 Å². The quantitative estimate of drug-likeness (QED) is 0.591. The van der Waals surface area contributed by atoms with E-state index in [4.69, 9.17) is 4.52 Å². The number of hydrogen-bond donors (Lipinski definition) is 0. The van der Waals surface area contributed by atoms with Gasteiger partial charge in [0.25, 0.3) is 0 Å². The maximum Gasteiger partial charge on any atom is 0.142 e. The Balaban J connectivity index is 1.53. The van der Waals surface area contributed by atoms with Gasteiger partial charge in [-0.2, -0.15) is 0 Å². The highest BCUT2D eigenvalue weighted by Gasteiger charge is 2.48. The highest BCUT2D eigenvalue weighted by molar-refractivity contribution is 5.59. The van der Waals surface area contributed by atoms with Crippen molar-refractivity contribution in [2.45, 2.75) is 57.0 Å². The molecular formula is C25H28N2O. The van der Waals surface area contributed by atoms with Gasteiger partial charge in [0, 0.05) is 29.6 Å². The van der Waals surface area contributed by atoms with E-state index in [1.54, 1.807) is 0 Å². The van der Waals surface area contributed by atoms with Gasteiger partial charge in [-0.15, -0.1) is 0 Å². The fourth-order valence-electron chi connectivity index (χ4n) is 5.32. The molecule has 2 aromatic carbocycles. The molecule has 5 rings (SSSR count). The molecule has 3 heterocycles. The molecule has 4 atom stereocenters. The van der Waals surface area contributed by atoms with Gasteiger partial charge in [-0.3, -0.25) is 4.90 Å². The van der Waals surface area contributed by atoms with Gasteiger partial charge in [0.15, 0.2) is 0 Å². The molecular weight excluding hydrogens is 344 g/mol. The number of benzene rings is 2. The summed E-state index contributed by atoms with van der Waals surface area (Å²) in [5.74, 6) is 1.89. The number of aromatic nitrogens is 1. The van der Waals surface area contributed by atoms with Crippen LogP contribution in [-0.4, -0.2) is 29.2 Å². The zero-order valence-electron chi connectivity index (χ0n) is 16.9. The second kappa shape index (κ2) is 6.89. The van der Waals surface area contributed by atoms with Crippen LogP contribution in [0.3, 0.4) is 0 Å². The van der Waals surface area contributed by atoms with E-state index in [9.17, 15) is 0 Å². The van der Waals surface area contributed by atoms with E-state index >= 15 is 0 Å². The van der Waals surface area contributed by atoms with Crippen LogP contribution in [0, 0.1) is 13.8 Å². The number of likely N-dealkylation sites (N-methyl/N-ethyl adjacent to an activating group) is 1. The number of hydrogen-bond acceptors (Lipinski definition) is 3. The van der Waals surface area contributed by atoms with Crippen LogP contribution in [-0.2, 0) is 0 Å². The molecule has 144 valence electrons. The number of fused-ring (bicyclic) bond motifs is 2. The summed E-state index contributed by atoms with van der Waals surface area (Å²) in [5, 5.41) is 4.45. The first-order chi connectivity index (χ1) is 13.6. The van der Waals surface area contributed by atoms with Gasteiger partial charge in [-0.05, 0) is 51.6 Å². The summed E-state index contributed by atoms with van der Waals surface area (Å²) in [6, 6.07) is 21.0. The molecule has 1 aromatic heterocycles. The standard InChI is InChI=1S/C25H28N2O/c1-16-4-8-18(9-5-16)21-14-20-12-13-23(27(20)3)25(21)24-15-22(26-28-24)19-10-6-17(2)7-11-19/h4-11,15,20-21,23,25H,12-14H2,1-3H3/t20?,21-,23?,25+/m1/s1. The Morgan fingerprint density at radius 2 is 1.61 bits per heavy atom. The molecule has 2 unspecified atom stereocenters. The lowest BCUT2D eigenvalue weighted by Gasteiger charge is -2.42. The van der Waals surface area contributed by atoms with E-state index in [-0.39, 0.29) is 0 Å². The molecule has 0 saturated carbocycles. The summed E-state index contributed by atoms with van der Waals surface area (Å²) in [5.41, 5.74) is 6.09. The van der Waals surface area contributed by atoms with E-state index in [1.807, 2.05) is 0 Å². The molecule has 2 aliphatic heterocycles. The van der Waals surface area contributed by atoms with Crippen LogP contribution in [0.2, 0.25) is 0 Å². The Morgan fingerprint density at radius 3 is 2.32 bits per heavy atom. The Morgan fingerprint density at radius 1 is 0.929 bits per heavy atom. The van der Waals surface area contributed by atoms with Gasteiger partial charge in [0.2, 0.25) is 0 Å². The molecule has 0 aliphatic carbocycles. The zero-order chi connectivity index (χ0) is 19.3. The number of piperidine rings is 1. The van der Waals surface area contributed by atoms with Gasteiger partial charge < -0.3 is 4.52 Å². The van der Waals surface area contributed by atoms with E-state index in [0.717, 1.165) is 17.0 Å². The summed E-state index contributed by atoms with van der Waals surface area (Å²) in [4.78, 5) is 2.59. The van der Waals surface area contributed by atoms with Crippen molar-refractivity contribution in [3.63, 3.8) is 0 Å². The van der Waals surface area contributed by atoms with E-state index in [0.29, 0.717) is 23.9 Å². The van der Waals surface area contributed by atoms with E-state index in [2.05, 4.69) is 85.5 Å². The molecule has 28 heavy (non-hydrogen) atoms. The van der Waals surface area contributed by atoms with Gasteiger partial charge in [-0.25, -0.2) is 0 Å². The summed E-state index contributed by atoms with van der Waals surface area (Å²) in [7, 11) is 2.29. The zero-order valence-corrected chi connectivity index (χ0v) is 16.9. The third-order valence-electron chi connectivity index (χ3n) is 6.98. The molecule has 0 radical (unpaired) electrons. The first kappa shape index (κ1) is 17.7. The largest absolute Gasteiger partial charge is 0.360 e. The monoisotopic (exact) mass is 372 g/mol. The van der Waals surface area contributed by atoms with Crippen molar-refractivity contribution in [1.29, 1.82) is 0 Å². The second-order valence-electron chi connectivity index (χ2n) is 8.72. The van der Waals surface area contributed by atoms with Crippen molar-refractivity contribution in [1.82, 2.24) is 10.1 Å². The Labute approximate surface area is 167 Å². The molecule has 2 aliphatic rings. The normalized spacial score (nSPS) is 27.2. The lowest BCUT2D eigenvalue weighted by molar-refractivity contribution is 0.122. The highest BCUT2D eigenvalue weighted by Crippen LogP contribution is 2.51. The molecule has 0 N–H and O–H groups in total. The van der Waals surface area contributed by atoms with E-state index in [1.165, 1.54) is 36.0 Å². The van der Waals surface area contributed by atoms with Gasteiger partial charge in [0.1, 0.15) is 11.5 Å². The fraction of sp³-hybridized carbons (Fsp3) is 0.400. The first-order valence-corrected chi connectivity index (χ1v) is 10.4. The number of nitrogens with zero attached hydrogens (tertiary/aromatic N) is 2. The van der Waals surface area contributed by atoms with Crippen molar-refractivity contribution in [2.75, 3.05) is 7.05 Å². The molecule has 2 bridgehead atoms. The van der Waals surface area contributed by atoms with E-state index < -0.39 is 0 Å². The molecule has 3 heteroatoms. The van der Waals surface area contributed by atoms with Crippen LogP contribution in [0.1, 0.15) is 53.5 Å². The summed E-state index contributed by atoms with van der Waals surface area (Å²) < 4.78 is 5.99. The van der Waals surface area contributed by atoms with Crippen LogP contribution in [0.15, 0.2) is 59.1 Å². The SMILES string of the molecule is Cc1ccc(-c2cc([C@@H]3C4CCC(C[C@@H]3c3ccc(C)cc3)N4C)on2)cc1. The van der Waals surface area contributed by atoms with Crippen LogP contribution >= 0.6 is 0 Å². The maximum atomic E-state index is 5.99. The molecule has 0 amide bonds. The molecule has 3 nitrogen and oxygen atoms in total. The van der Waals surface area contributed by atoms with Crippen molar-refractivity contribution < 1.29 is 4.52 Å². The second-order valence-corrected chi connectivity index (χ2v) is 8.72. The lowest BCUT2D eigenvalue weighted by atomic mass is 9.74. The van der Waals surface area contributed by atoms with Gasteiger partial charge in [0.05, 0.1) is 0 Å². The van der Waals surface area contributed by atoms with Crippen LogP contribution in [0.25, 0.3) is 11.3 Å². The fourth-order valence-corrected chi connectivity index (χ4v) is 5.32. The Hall–Kier alpha value is -2.39. The minimum atomic E-state index is 0.359. The summed E-state index contributed by atoms with van der Waals surface area (Å²) in [6.07, 6.45) is 3.73. The third kappa shape index (κ3) is 2.98. The van der Waals surface area contributed by atoms with Gasteiger partial charge >= 0.3 is 0 Å². The Bertz CT molecular complexity index is 957. The molecule has 3 aromatic rings. The topological polar surface area (TPSA) is 29.3 Å². The summed E-state index contributed by atoms with van der Waals surface area (Å²) >= 11 is 0. The molecule has 2 fully saturated rings. The summed E-state index contributed by atoms with van der Waals surface area (Å²) in [6.45, 7) is 4.27. The number of aryl methyl sites for hydroxylation is 2. The molecule has 0 spiro atoms. The lowest BCUT2D eigenvalue weighted by Crippen LogP contribution is -2.44. The van der Waals surface area contributed by atoms with Crippen molar-refractivity contribution in [3.05, 3.63) is 77.0 Å². The van der Waals surface area contributed by atoms with Gasteiger partial charge in [-0.1, -0.05) is 64.8 Å². The third-order valence-corrected chi connectivity index (χ3v) is 6.98.